The number of para-hydroxylation sites is 1. The topological polar surface area (TPSA) is 75.7 Å². The molecule has 1 rings (SSSR count). The minimum atomic E-state index is -3.37. The lowest BCUT2D eigenvalue weighted by Gasteiger charge is -2.21. The molecule has 0 unspecified atom stereocenters. The quantitative estimate of drug-likeness (QED) is 0.743. The van der Waals surface area contributed by atoms with Gasteiger partial charge in [0.25, 0.3) is 0 Å². The second-order valence-electron chi connectivity index (χ2n) is 5.01. The molecule has 0 spiro atoms. The van der Waals surface area contributed by atoms with Crippen LogP contribution in [0.2, 0.25) is 0 Å². The monoisotopic (exact) mass is 328 g/mol. The van der Waals surface area contributed by atoms with Gasteiger partial charge in [-0.1, -0.05) is 25.1 Å². The zero-order valence-electron chi connectivity index (χ0n) is 13.3. The van der Waals surface area contributed by atoms with E-state index in [0.29, 0.717) is 18.7 Å². The Hall–Kier alpha value is -1.60. The molecule has 1 amide bonds. The second-order valence-corrected chi connectivity index (χ2v) is 6.99. The number of methoxy groups -OCH3 is 1. The first-order chi connectivity index (χ1) is 10.4. The van der Waals surface area contributed by atoms with E-state index < -0.39 is 10.0 Å². The largest absolute Gasteiger partial charge is 0.496 e. The molecule has 0 aliphatic heterocycles. The summed E-state index contributed by atoms with van der Waals surface area (Å²) in [7, 11) is -1.82. The number of carbonyl (C=O) groups is 1. The van der Waals surface area contributed by atoms with Crippen LogP contribution in [0.5, 0.6) is 5.75 Å². The van der Waals surface area contributed by atoms with E-state index in [1.807, 2.05) is 25.1 Å². The minimum absolute atomic E-state index is 0.0618. The van der Waals surface area contributed by atoms with E-state index in [0.717, 1.165) is 18.2 Å². The molecule has 1 aromatic carbocycles. The summed E-state index contributed by atoms with van der Waals surface area (Å²) in [5.74, 6) is 0.583. The number of benzene rings is 1. The fourth-order valence-corrected chi connectivity index (χ4v) is 2.82. The second kappa shape index (κ2) is 8.75. The van der Waals surface area contributed by atoms with Gasteiger partial charge in [0.1, 0.15) is 5.75 Å². The highest BCUT2D eigenvalue weighted by atomic mass is 32.2. The van der Waals surface area contributed by atoms with Gasteiger partial charge < -0.3 is 10.1 Å². The van der Waals surface area contributed by atoms with Crippen LogP contribution in [-0.4, -0.2) is 45.1 Å². The number of ether oxygens (including phenoxy) is 1. The normalized spacial score (nSPS) is 11.5. The van der Waals surface area contributed by atoms with Gasteiger partial charge in [0.05, 0.1) is 13.4 Å². The van der Waals surface area contributed by atoms with Crippen molar-refractivity contribution in [2.45, 2.75) is 26.3 Å². The van der Waals surface area contributed by atoms with Gasteiger partial charge in [0.2, 0.25) is 15.9 Å². The zero-order chi connectivity index (χ0) is 16.6. The van der Waals surface area contributed by atoms with Crippen LogP contribution in [0.25, 0.3) is 0 Å². The van der Waals surface area contributed by atoms with Crippen molar-refractivity contribution in [3.05, 3.63) is 29.8 Å². The number of hydrogen-bond acceptors (Lipinski definition) is 4. The highest BCUT2D eigenvalue weighted by molar-refractivity contribution is 7.88. The SMILES string of the molecule is CCCC(=O)NCCN(Cc1ccccc1OC)S(C)(=O)=O. The van der Waals surface area contributed by atoms with Crippen molar-refractivity contribution >= 4 is 15.9 Å². The summed E-state index contributed by atoms with van der Waals surface area (Å²) in [6.07, 6.45) is 2.38. The molecule has 0 aromatic heterocycles. The summed E-state index contributed by atoms with van der Waals surface area (Å²) in [4.78, 5) is 11.4. The van der Waals surface area contributed by atoms with Gasteiger partial charge in [0.15, 0.2) is 0 Å². The fourth-order valence-electron chi connectivity index (χ4n) is 2.02. The van der Waals surface area contributed by atoms with Crippen LogP contribution < -0.4 is 10.1 Å². The van der Waals surface area contributed by atoms with Gasteiger partial charge >= 0.3 is 0 Å². The molecule has 22 heavy (non-hydrogen) atoms. The van der Waals surface area contributed by atoms with Crippen LogP contribution in [-0.2, 0) is 21.4 Å². The molecule has 0 saturated heterocycles. The standard InChI is InChI=1S/C15H24N2O4S/c1-4-7-15(18)16-10-11-17(22(3,19)20)12-13-8-5-6-9-14(13)21-2/h5-6,8-9H,4,7,10-12H2,1-3H3,(H,16,18). The lowest BCUT2D eigenvalue weighted by Crippen LogP contribution is -2.37. The third kappa shape index (κ3) is 6.03. The summed E-state index contributed by atoms with van der Waals surface area (Å²) in [5, 5.41) is 2.72. The van der Waals surface area contributed by atoms with Crippen molar-refractivity contribution < 1.29 is 17.9 Å². The molecular formula is C15H24N2O4S. The van der Waals surface area contributed by atoms with E-state index in [9.17, 15) is 13.2 Å². The smallest absolute Gasteiger partial charge is 0.220 e. The summed E-state index contributed by atoms with van der Waals surface area (Å²) < 4.78 is 30.4. The van der Waals surface area contributed by atoms with Crippen LogP contribution in [0.4, 0.5) is 0 Å². The van der Waals surface area contributed by atoms with Crippen molar-refractivity contribution in [2.75, 3.05) is 26.5 Å². The van der Waals surface area contributed by atoms with E-state index in [-0.39, 0.29) is 19.0 Å². The van der Waals surface area contributed by atoms with Crippen LogP contribution in [0, 0.1) is 0 Å². The Balaban J connectivity index is 2.72. The first kappa shape index (κ1) is 18.4. The summed E-state index contributed by atoms with van der Waals surface area (Å²) in [6, 6.07) is 7.28. The van der Waals surface area contributed by atoms with Crippen LogP contribution in [0.1, 0.15) is 25.3 Å². The van der Waals surface area contributed by atoms with Crippen LogP contribution in [0.3, 0.4) is 0 Å². The van der Waals surface area contributed by atoms with E-state index >= 15 is 0 Å². The summed E-state index contributed by atoms with van der Waals surface area (Å²) in [5.41, 5.74) is 0.787. The molecule has 0 aliphatic carbocycles. The Morgan fingerprint density at radius 3 is 2.59 bits per heavy atom. The molecule has 0 aliphatic rings. The molecule has 7 heteroatoms. The van der Waals surface area contributed by atoms with Crippen molar-refractivity contribution in [1.29, 1.82) is 0 Å². The van der Waals surface area contributed by atoms with Crippen LogP contribution in [0.15, 0.2) is 24.3 Å². The Morgan fingerprint density at radius 2 is 2.00 bits per heavy atom. The Bertz CT molecular complexity index is 587. The number of nitrogens with one attached hydrogen (secondary N) is 1. The van der Waals surface area contributed by atoms with Gasteiger partial charge in [-0.15, -0.1) is 0 Å². The molecule has 0 radical (unpaired) electrons. The lowest BCUT2D eigenvalue weighted by atomic mass is 10.2. The van der Waals surface area contributed by atoms with Gasteiger partial charge in [0, 0.05) is 31.6 Å². The molecule has 124 valence electrons. The zero-order valence-corrected chi connectivity index (χ0v) is 14.1. The molecule has 6 nitrogen and oxygen atoms in total. The average Bonchev–Trinajstić information content (AvgIpc) is 2.46. The Kier molecular flexibility index (Phi) is 7.34. The molecule has 0 atom stereocenters. The molecular weight excluding hydrogens is 304 g/mol. The highest BCUT2D eigenvalue weighted by Gasteiger charge is 2.18. The number of rotatable bonds is 9. The molecule has 0 bridgehead atoms. The van der Waals surface area contributed by atoms with E-state index in [2.05, 4.69) is 5.32 Å². The Labute approximate surface area is 132 Å². The van der Waals surface area contributed by atoms with Gasteiger partial charge in [-0.3, -0.25) is 4.79 Å². The number of sulfonamides is 1. The number of carbonyl (C=O) groups excluding carboxylic acids is 1. The van der Waals surface area contributed by atoms with Gasteiger partial charge in [-0.05, 0) is 12.5 Å². The van der Waals surface area contributed by atoms with Gasteiger partial charge in [-0.25, -0.2) is 8.42 Å². The first-order valence-electron chi connectivity index (χ1n) is 7.22. The maximum Gasteiger partial charge on any atom is 0.220 e. The van der Waals surface area contributed by atoms with Crippen molar-refractivity contribution in [1.82, 2.24) is 9.62 Å². The predicted octanol–water partition coefficient (Wildman–Crippen LogP) is 1.37. The third-order valence-electron chi connectivity index (χ3n) is 3.17. The maximum atomic E-state index is 11.9. The van der Waals surface area contributed by atoms with E-state index in [4.69, 9.17) is 4.74 Å². The molecule has 0 heterocycles. The molecule has 1 N–H and O–H groups in total. The fraction of sp³-hybridized carbons (Fsp3) is 0.533. The summed E-state index contributed by atoms with van der Waals surface area (Å²) in [6.45, 7) is 2.66. The number of amides is 1. The first-order valence-corrected chi connectivity index (χ1v) is 9.07. The van der Waals surface area contributed by atoms with Crippen molar-refractivity contribution in [3.8, 4) is 5.75 Å². The minimum Gasteiger partial charge on any atom is -0.496 e. The molecule has 1 aromatic rings. The predicted molar refractivity (Wildman–Crippen MR) is 86.2 cm³/mol. The lowest BCUT2D eigenvalue weighted by molar-refractivity contribution is -0.121. The third-order valence-corrected chi connectivity index (χ3v) is 4.42. The Morgan fingerprint density at radius 1 is 1.32 bits per heavy atom. The number of hydrogen-bond donors (Lipinski definition) is 1. The van der Waals surface area contributed by atoms with Gasteiger partial charge in [-0.2, -0.15) is 4.31 Å². The van der Waals surface area contributed by atoms with Crippen molar-refractivity contribution in [3.63, 3.8) is 0 Å². The van der Waals surface area contributed by atoms with Crippen molar-refractivity contribution in [2.24, 2.45) is 0 Å². The maximum absolute atomic E-state index is 11.9. The number of nitrogens with zero attached hydrogens (tertiary/aromatic N) is 1. The van der Waals surface area contributed by atoms with Crippen LogP contribution >= 0.6 is 0 Å². The molecule has 0 saturated carbocycles. The van der Waals surface area contributed by atoms with E-state index in [1.54, 1.807) is 13.2 Å². The average molecular weight is 328 g/mol. The van der Waals surface area contributed by atoms with E-state index in [1.165, 1.54) is 4.31 Å². The summed E-state index contributed by atoms with van der Waals surface area (Å²) >= 11 is 0. The molecule has 0 fully saturated rings. The highest BCUT2D eigenvalue weighted by Crippen LogP contribution is 2.20.